The number of H-pyrrole nitrogens is 1. The van der Waals surface area contributed by atoms with Crippen LogP contribution >= 0.6 is 22.9 Å². The SMILES string of the molecule is Clc1nc(NCc2cscn2)c2cn[nH]c2n1. The van der Waals surface area contributed by atoms with Gasteiger partial charge in [0.1, 0.15) is 5.82 Å². The number of fused-ring (bicyclic) bond motifs is 1. The van der Waals surface area contributed by atoms with Gasteiger partial charge in [0.2, 0.25) is 5.28 Å². The third-order valence-electron chi connectivity index (χ3n) is 2.20. The van der Waals surface area contributed by atoms with Crippen LogP contribution in [0, 0.1) is 0 Å². The number of hydrogen-bond donors (Lipinski definition) is 2. The van der Waals surface area contributed by atoms with Gasteiger partial charge < -0.3 is 5.32 Å². The fraction of sp³-hybridized carbons (Fsp3) is 0.111. The molecule has 3 rings (SSSR count). The van der Waals surface area contributed by atoms with Crippen LogP contribution in [-0.4, -0.2) is 25.1 Å². The number of rotatable bonds is 3. The van der Waals surface area contributed by atoms with Crippen molar-refractivity contribution in [3.05, 3.63) is 28.1 Å². The molecule has 0 unspecified atom stereocenters. The summed E-state index contributed by atoms with van der Waals surface area (Å²) in [4.78, 5) is 12.3. The minimum absolute atomic E-state index is 0.183. The lowest BCUT2D eigenvalue weighted by atomic mass is 10.4. The van der Waals surface area contributed by atoms with Crippen molar-refractivity contribution in [2.24, 2.45) is 0 Å². The van der Waals surface area contributed by atoms with Crippen molar-refractivity contribution in [2.45, 2.75) is 6.54 Å². The molecule has 86 valence electrons. The van der Waals surface area contributed by atoms with Gasteiger partial charge in [0, 0.05) is 5.38 Å². The molecule has 3 aromatic heterocycles. The van der Waals surface area contributed by atoms with Crippen LogP contribution in [0.15, 0.2) is 17.1 Å². The third kappa shape index (κ3) is 2.06. The first-order chi connectivity index (χ1) is 8.33. The topological polar surface area (TPSA) is 79.4 Å². The summed E-state index contributed by atoms with van der Waals surface area (Å²) in [6.07, 6.45) is 1.66. The van der Waals surface area contributed by atoms with Gasteiger partial charge in [-0.1, -0.05) is 0 Å². The molecule has 0 radical (unpaired) electrons. The van der Waals surface area contributed by atoms with Gasteiger partial charge in [-0.15, -0.1) is 11.3 Å². The molecule has 0 aliphatic carbocycles. The summed E-state index contributed by atoms with van der Waals surface area (Å²) < 4.78 is 0. The normalized spacial score (nSPS) is 10.9. The average Bonchev–Trinajstić information content (AvgIpc) is 2.95. The second kappa shape index (κ2) is 4.27. The second-order valence-electron chi connectivity index (χ2n) is 3.31. The van der Waals surface area contributed by atoms with E-state index in [2.05, 4.69) is 30.5 Å². The zero-order chi connectivity index (χ0) is 11.7. The van der Waals surface area contributed by atoms with Crippen LogP contribution in [-0.2, 0) is 6.54 Å². The molecule has 0 spiro atoms. The van der Waals surface area contributed by atoms with Gasteiger partial charge in [0.25, 0.3) is 0 Å². The molecule has 0 saturated heterocycles. The lowest BCUT2D eigenvalue weighted by Crippen LogP contribution is -2.02. The van der Waals surface area contributed by atoms with E-state index in [-0.39, 0.29) is 5.28 Å². The maximum Gasteiger partial charge on any atom is 0.226 e. The van der Waals surface area contributed by atoms with Crippen LogP contribution in [0.4, 0.5) is 5.82 Å². The van der Waals surface area contributed by atoms with Crippen LogP contribution in [0.1, 0.15) is 5.69 Å². The highest BCUT2D eigenvalue weighted by atomic mass is 35.5. The summed E-state index contributed by atoms with van der Waals surface area (Å²) in [7, 11) is 0. The quantitative estimate of drug-likeness (QED) is 0.710. The van der Waals surface area contributed by atoms with Gasteiger partial charge in [0.05, 0.1) is 29.3 Å². The molecule has 3 aromatic rings. The van der Waals surface area contributed by atoms with Crippen molar-refractivity contribution < 1.29 is 0 Å². The Hall–Kier alpha value is -1.73. The monoisotopic (exact) mass is 266 g/mol. The van der Waals surface area contributed by atoms with Gasteiger partial charge in [-0.25, -0.2) is 4.98 Å². The molecule has 0 bridgehead atoms. The van der Waals surface area contributed by atoms with E-state index in [9.17, 15) is 0 Å². The van der Waals surface area contributed by atoms with Crippen molar-refractivity contribution in [3.8, 4) is 0 Å². The summed E-state index contributed by atoms with van der Waals surface area (Å²) in [5, 5.41) is 12.8. The van der Waals surface area contributed by atoms with E-state index in [1.165, 1.54) is 0 Å². The summed E-state index contributed by atoms with van der Waals surface area (Å²) in [6.45, 7) is 0.594. The molecular formula is C9H7ClN6S. The Balaban J connectivity index is 1.91. The maximum absolute atomic E-state index is 5.82. The maximum atomic E-state index is 5.82. The first-order valence-electron chi connectivity index (χ1n) is 4.80. The van der Waals surface area contributed by atoms with Gasteiger partial charge in [0.15, 0.2) is 5.65 Å². The molecular weight excluding hydrogens is 260 g/mol. The molecule has 0 atom stereocenters. The molecule has 2 N–H and O–H groups in total. The van der Waals surface area contributed by atoms with Crippen molar-refractivity contribution in [1.29, 1.82) is 0 Å². The summed E-state index contributed by atoms with van der Waals surface area (Å²) >= 11 is 7.37. The summed E-state index contributed by atoms with van der Waals surface area (Å²) in [6, 6.07) is 0. The number of nitrogens with one attached hydrogen (secondary N) is 2. The minimum Gasteiger partial charge on any atom is -0.364 e. The van der Waals surface area contributed by atoms with E-state index in [1.54, 1.807) is 23.0 Å². The Bertz CT molecular complexity index is 634. The van der Waals surface area contributed by atoms with E-state index >= 15 is 0 Å². The van der Waals surface area contributed by atoms with Crippen LogP contribution in [0.2, 0.25) is 5.28 Å². The molecule has 0 aliphatic rings. The molecule has 8 heteroatoms. The van der Waals surface area contributed by atoms with Crippen LogP contribution in [0.3, 0.4) is 0 Å². The Kier molecular flexibility index (Phi) is 2.62. The fourth-order valence-corrected chi connectivity index (χ4v) is 2.17. The molecule has 0 saturated carbocycles. The highest BCUT2D eigenvalue weighted by Crippen LogP contribution is 2.20. The third-order valence-corrected chi connectivity index (χ3v) is 3.01. The number of halogens is 1. The molecule has 3 heterocycles. The molecule has 0 aliphatic heterocycles. The molecule has 17 heavy (non-hydrogen) atoms. The van der Waals surface area contributed by atoms with Crippen LogP contribution < -0.4 is 5.32 Å². The first kappa shape index (κ1) is 10.4. The Morgan fingerprint density at radius 3 is 3.18 bits per heavy atom. The lowest BCUT2D eigenvalue weighted by molar-refractivity contribution is 1.05. The second-order valence-corrected chi connectivity index (χ2v) is 4.36. The van der Waals surface area contributed by atoms with Crippen molar-refractivity contribution in [3.63, 3.8) is 0 Å². The van der Waals surface area contributed by atoms with Crippen LogP contribution in [0.5, 0.6) is 0 Å². The first-order valence-corrected chi connectivity index (χ1v) is 6.12. The Morgan fingerprint density at radius 1 is 1.41 bits per heavy atom. The van der Waals surface area contributed by atoms with E-state index in [0.717, 1.165) is 11.1 Å². The minimum atomic E-state index is 0.183. The largest absolute Gasteiger partial charge is 0.364 e. The molecule has 0 fully saturated rings. The van der Waals surface area contributed by atoms with Crippen molar-refractivity contribution in [2.75, 3.05) is 5.32 Å². The lowest BCUT2D eigenvalue weighted by Gasteiger charge is -2.04. The zero-order valence-corrected chi connectivity index (χ0v) is 10.1. The van der Waals surface area contributed by atoms with Crippen molar-refractivity contribution >= 4 is 39.8 Å². The van der Waals surface area contributed by atoms with Crippen LogP contribution in [0.25, 0.3) is 11.0 Å². The number of thiazole rings is 1. The van der Waals surface area contributed by atoms with E-state index in [4.69, 9.17) is 11.6 Å². The highest BCUT2D eigenvalue weighted by molar-refractivity contribution is 7.07. The number of aromatic amines is 1. The summed E-state index contributed by atoms with van der Waals surface area (Å²) in [5.41, 5.74) is 3.37. The smallest absolute Gasteiger partial charge is 0.226 e. The van der Waals surface area contributed by atoms with Gasteiger partial charge >= 0.3 is 0 Å². The van der Waals surface area contributed by atoms with E-state index in [0.29, 0.717) is 18.0 Å². The summed E-state index contributed by atoms with van der Waals surface area (Å²) in [5.74, 6) is 0.654. The van der Waals surface area contributed by atoms with E-state index in [1.807, 2.05) is 5.38 Å². The van der Waals surface area contributed by atoms with E-state index < -0.39 is 0 Å². The fourth-order valence-electron chi connectivity index (χ4n) is 1.44. The molecule has 6 nitrogen and oxygen atoms in total. The average molecular weight is 267 g/mol. The predicted molar refractivity (Wildman–Crippen MR) is 66.1 cm³/mol. The van der Waals surface area contributed by atoms with Gasteiger partial charge in [-0.05, 0) is 11.6 Å². The standard InChI is InChI=1S/C9H7ClN6S/c10-9-14-7(6-2-13-16-8(6)15-9)11-1-5-3-17-4-12-5/h2-4H,1H2,(H2,11,13,14,15,16). The zero-order valence-electron chi connectivity index (χ0n) is 8.51. The number of nitrogens with zero attached hydrogens (tertiary/aromatic N) is 4. The predicted octanol–water partition coefficient (Wildman–Crippen LogP) is 2.07. The van der Waals surface area contributed by atoms with Crippen molar-refractivity contribution in [1.82, 2.24) is 25.1 Å². The molecule has 0 aromatic carbocycles. The van der Waals surface area contributed by atoms with Gasteiger partial charge in [-0.2, -0.15) is 15.1 Å². The van der Waals surface area contributed by atoms with Gasteiger partial charge in [-0.3, -0.25) is 5.10 Å². The molecule has 0 amide bonds. The highest BCUT2D eigenvalue weighted by Gasteiger charge is 2.08. The Morgan fingerprint density at radius 2 is 2.35 bits per heavy atom. The Labute approximate surface area is 105 Å². The number of anilines is 1. The number of hydrogen-bond acceptors (Lipinski definition) is 6. The number of aromatic nitrogens is 5.